The standard InChI is InChI=1S/C9H8FNO2/c1-7(10)5-8-3-2-4-9(6-8)11(12)13/h2-6H,1H3/b7-5+. The molecule has 0 aliphatic carbocycles. The van der Waals surface area contributed by atoms with E-state index in [-0.39, 0.29) is 11.5 Å². The van der Waals surface area contributed by atoms with Gasteiger partial charge in [0.1, 0.15) is 0 Å². The number of nitrogens with zero attached hydrogens (tertiary/aromatic N) is 1. The summed E-state index contributed by atoms with van der Waals surface area (Å²) in [7, 11) is 0. The van der Waals surface area contributed by atoms with Crippen LogP contribution in [-0.2, 0) is 0 Å². The quantitative estimate of drug-likeness (QED) is 0.520. The first-order chi connectivity index (χ1) is 6.09. The fourth-order valence-electron chi connectivity index (χ4n) is 0.958. The maximum Gasteiger partial charge on any atom is 0.270 e. The zero-order chi connectivity index (χ0) is 9.84. The van der Waals surface area contributed by atoms with Crippen molar-refractivity contribution in [3.63, 3.8) is 0 Å². The molecule has 3 nitrogen and oxygen atoms in total. The van der Waals surface area contributed by atoms with E-state index in [9.17, 15) is 14.5 Å². The summed E-state index contributed by atoms with van der Waals surface area (Å²) < 4.78 is 12.4. The summed E-state index contributed by atoms with van der Waals surface area (Å²) >= 11 is 0. The molecule has 13 heavy (non-hydrogen) atoms. The van der Waals surface area contributed by atoms with Gasteiger partial charge in [0.25, 0.3) is 5.69 Å². The molecule has 0 radical (unpaired) electrons. The van der Waals surface area contributed by atoms with E-state index in [1.807, 2.05) is 0 Å². The molecular weight excluding hydrogens is 173 g/mol. The molecule has 0 aromatic heterocycles. The molecule has 0 unspecified atom stereocenters. The first-order valence-electron chi connectivity index (χ1n) is 3.68. The fourth-order valence-corrected chi connectivity index (χ4v) is 0.958. The number of rotatable bonds is 2. The molecule has 0 bridgehead atoms. The Balaban J connectivity index is 3.06. The summed E-state index contributed by atoms with van der Waals surface area (Å²) in [6, 6.07) is 5.82. The lowest BCUT2D eigenvalue weighted by molar-refractivity contribution is -0.384. The third kappa shape index (κ3) is 2.66. The highest BCUT2D eigenvalue weighted by atomic mass is 19.1. The van der Waals surface area contributed by atoms with Crippen molar-refractivity contribution in [2.24, 2.45) is 0 Å². The van der Waals surface area contributed by atoms with Crippen LogP contribution in [0.5, 0.6) is 0 Å². The van der Waals surface area contributed by atoms with E-state index in [1.54, 1.807) is 6.07 Å². The monoisotopic (exact) mass is 181 g/mol. The highest BCUT2D eigenvalue weighted by Gasteiger charge is 2.03. The Hall–Kier alpha value is -1.71. The lowest BCUT2D eigenvalue weighted by Crippen LogP contribution is -1.87. The van der Waals surface area contributed by atoms with Crippen LogP contribution in [0.2, 0.25) is 0 Å². The van der Waals surface area contributed by atoms with Crippen LogP contribution in [0, 0.1) is 10.1 Å². The van der Waals surface area contributed by atoms with Crippen LogP contribution < -0.4 is 0 Å². The Morgan fingerprint density at radius 1 is 1.62 bits per heavy atom. The Labute approximate surface area is 74.7 Å². The number of nitro groups is 1. The third-order valence-corrected chi connectivity index (χ3v) is 1.45. The van der Waals surface area contributed by atoms with Gasteiger partial charge in [0.15, 0.2) is 0 Å². The minimum absolute atomic E-state index is 0.0324. The molecule has 1 aromatic rings. The molecule has 1 rings (SSSR count). The van der Waals surface area contributed by atoms with Crippen molar-refractivity contribution in [3.8, 4) is 0 Å². The van der Waals surface area contributed by atoms with Crippen molar-refractivity contribution in [3.05, 3.63) is 45.8 Å². The highest BCUT2D eigenvalue weighted by molar-refractivity contribution is 5.54. The number of halogens is 1. The first kappa shape index (κ1) is 9.38. The average Bonchev–Trinajstić information content (AvgIpc) is 2.03. The van der Waals surface area contributed by atoms with Crippen molar-refractivity contribution in [1.82, 2.24) is 0 Å². The number of non-ortho nitro benzene ring substituents is 1. The molecule has 0 saturated heterocycles. The molecule has 0 N–H and O–H groups in total. The zero-order valence-electron chi connectivity index (χ0n) is 7.03. The molecule has 0 saturated carbocycles. The van der Waals surface area contributed by atoms with Gasteiger partial charge in [-0.15, -0.1) is 0 Å². The SMILES string of the molecule is C/C(F)=C\c1cccc([N+](=O)[O-])c1. The fraction of sp³-hybridized carbons (Fsp3) is 0.111. The largest absolute Gasteiger partial charge is 0.270 e. The molecule has 1 aromatic carbocycles. The van der Waals surface area contributed by atoms with Gasteiger partial charge in [-0.1, -0.05) is 12.1 Å². The Kier molecular flexibility index (Phi) is 2.74. The van der Waals surface area contributed by atoms with E-state index < -0.39 is 4.92 Å². The average molecular weight is 181 g/mol. The van der Waals surface area contributed by atoms with Gasteiger partial charge in [-0.05, 0) is 18.6 Å². The van der Waals surface area contributed by atoms with E-state index >= 15 is 0 Å². The lowest BCUT2D eigenvalue weighted by atomic mass is 10.2. The predicted molar refractivity (Wildman–Crippen MR) is 47.9 cm³/mol. The smallest absolute Gasteiger partial charge is 0.258 e. The van der Waals surface area contributed by atoms with Gasteiger partial charge in [-0.2, -0.15) is 0 Å². The number of hydrogen-bond donors (Lipinski definition) is 0. The van der Waals surface area contributed by atoms with E-state index in [0.29, 0.717) is 5.56 Å². The Morgan fingerprint density at radius 2 is 2.31 bits per heavy atom. The Morgan fingerprint density at radius 3 is 2.85 bits per heavy atom. The molecule has 0 aliphatic rings. The van der Waals surface area contributed by atoms with Crippen molar-refractivity contribution in [2.75, 3.05) is 0 Å². The molecule has 0 amide bonds. The second kappa shape index (κ2) is 3.80. The predicted octanol–water partition coefficient (Wildman–Crippen LogP) is 2.93. The highest BCUT2D eigenvalue weighted by Crippen LogP contribution is 2.15. The summed E-state index contributed by atoms with van der Waals surface area (Å²) in [5, 5.41) is 10.3. The second-order valence-corrected chi connectivity index (χ2v) is 2.58. The molecule has 0 aliphatic heterocycles. The van der Waals surface area contributed by atoms with Crippen LogP contribution in [0.3, 0.4) is 0 Å². The van der Waals surface area contributed by atoms with Crippen LogP contribution in [-0.4, -0.2) is 4.92 Å². The van der Waals surface area contributed by atoms with Gasteiger partial charge >= 0.3 is 0 Å². The van der Waals surface area contributed by atoms with Crippen LogP contribution in [0.25, 0.3) is 6.08 Å². The summed E-state index contributed by atoms with van der Waals surface area (Å²) in [6.45, 7) is 1.29. The van der Waals surface area contributed by atoms with Crippen LogP contribution >= 0.6 is 0 Å². The van der Waals surface area contributed by atoms with Gasteiger partial charge in [0.2, 0.25) is 0 Å². The third-order valence-electron chi connectivity index (χ3n) is 1.45. The summed E-state index contributed by atoms with van der Waals surface area (Å²) in [4.78, 5) is 9.82. The van der Waals surface area contributed by atoms with Gasteiger partial charge in [0.05, 0.1) is 10.8 Å². The number of allylic oxidation sites excluding steroid dienone is 1. The van der Waals surface area contributed by atoms with E-state index in [2.05, 4.69) is 0 Å². The minimum Gasteiger partial charge on any atom is -0.258 e. The van der Waals surface area contributed by atoms with Crippen molar-refractivity contribution >= 4 is 11.8 Å². The lowest BCUT2D eigenvalue weighted by Gasteiger charge is -1.93. The zero-order valence-corrected chi connectivity index (χ0v) is 7.03. The van der Waals surface area contributed by atoms with Crippen LogP contribution in [0.1, 0.15) is 12.5 Å². The molecular formula is C9H8FNO2. The molecule has 4 heteroatoms. The maximum atomic E-state index is 12.4. The minimum atomic E-state index is -0.509. The van der Waals surface area contributed by atoms with Gasteiger partial charge in [-0.25, -0.2) is 4.39 Å². The van der Waals surface area contributed by atoms with Crippen LogP contribution in [0.15, 0.2) is 30.1 Å². The Bertz CT molecular complexity index is 356. The first-order valence-corrected chi connectivity index (χ1v) is 3.68. The normalized spacial score (nSPS) is 11.4. The van der Waals surface area contributed by atoms with Gasteiger partial charge in [0, 0.05) is 12.1 Å². The van der Waals surface area contributed by atoms with E-state index in [0.717, 1.165) is 0 Å². The summed E-state index contributed by atoms with van der Waals surface area (Å²) in [6.07, 6.45) is 1.24. The van der Waals surface area contributed by atoms with E-state index in [1.165, 1.54) is 31.2 Å². The maximum absolute atomic E-state index is 12.4. The van der Waals surface area contributed by atoms with Crippen molar-refractivity contribution in [1.29, 1.82) is 0 Å². The molecule has 0 heterocycles. The second-order valence-electron chi connectivity index (χ2n) is 2.58. The van der Waals surface area contributed by atoms with E-state index in [4.69, 9.17) is 0 Å². The van der Waals surface area contributed by atoms with Gasteiger partial charge < -0.3 is 0 Å². The number of nitro benzene ring substituents is 1. The van der Waals surface area contributed by atoms with Crippen LogP contribution in [0.4, 0.5) is 10.1 Å². The van der Waals surface area contributed by atoms with Crippen molar-refractivity contribution < 1.29 is 9.31 Å². The number of hydrogen-bond acceptors (Lipinski definition) is 2. The van der Waals surface area contributed by atoms with Crippen molar-refractivity contribution in [2.45, 2.75) is 6.92 Å². The topological polar surface area (TPSA) is 43.1 Å². The van der Waals surface area contributed by atoms with Gasteiger partial charge in [-0.3, -0.25) is 10.1 Å². The summed E-state index contributed by atoms with van der Waals surface area (Å²) in [5.74, 6) is -0.375. The molecule has 0 atom stereocenters. The number of benzene rings is 1. The molecule has 0 fully saturated rings. The molecule has 68 valence electrons. The summed E-state index contributed by atoms with van der Waals surface area (Å²) in [5.41, 5.74) is 0.462. The molecule has 0 spiro atoms.